The van der Waals surface area contributed by atoms with Gasteiger partial charge in [0.2, 0.25) is 0 Å². The van der Waals surface area contributed by atoms with Gasteiger partial charge in [0, 0.05) is 38.5 Å². The molecule has 1 aliphatic heterocycles. The van der Waals surface area contributed by atoms with Crippen LogP contribution in [0.4, 0.5) is 0 Å². The smallest absolute Gasteiger partial charge is 0 e. The molecule has 11 aromatic carbocycles. The number of aromatic nitrogens is 4. The molecule has 0 aliphatic carbocycles. The van der Waals surface area contributed by atoms with Gasteiger partial charge in [0.05, 0.1) is 0 Å². The van der Waals surface area contributed by atoms with Gasteiger partial charge in [-0.15, -0.1) is 17.5 Å². The number of hydrogen-bond acceptors (Lipinski definition) is 2. The first kappa shape index (κ1) is 46.5. The van der Waals surface area contributed by atoms with Crippen LogP contribution in [0, 0.1) is 18.5 Å². The molecular formula is C76H54GeN4OPt-2. The minimum Gasteiger partial charge on any atom is 0 e. The molecule has 14 aromatic rings. The number of para-hydroxylation sites is 2. The summed E-state index contributed by atoms with van der Waals surface area (Å²) < 4.78 is 62.8. The Kier molecular flexibility index (Phi) is 11.8. The molecule has 0 N–H and O–H groups in total. The number of hydrogen-bond donors (Lipinski definition) is 0. The number of rotatable bonds is 9. The van der Waals surface area contributed by atoms with Crippen molar-refractivity contribution < 1.29 is 37.2 Å². The fourth-order valence-corrected chi connectivity index (χ4v) is 22.4. The third kappa shape index (κ3) is 8.81. The van der Waals surface area contributed by atoms with E-state index in [4.69, 9.17) is 13.8 Å². The van der Waals surface area contributed by atoms with Crippen LogP contribution in [0.15, 0.2) is 273 Å². The third-order valence-electron chi connectivity index (χ3n) is 16.2. The number of ether oxygens (including phenoxy) is 1. The van der Waals surface area contributed by atoms with Crippen molar-refractivity contribution in [1.29, 1.82) is 0 Å². The summed E-state index contributed by atoms with van der Waals surface area (Å²) in [6.45, 7) is 6.62. The van der Waals surface area contributed by atoms with Gasteiger partial charge < -0.3 is 4.57 Å². The van der Waals surface area contributed by atoms with Gasteiger partial charge in [0.25, 0.3) is 0 Å². The first-order valence-electron chi connectivity index (χ1n) is 30.1. The fourth-order valence-electron chi connectivity index (χ4n) is 12.4. The van der Waals surface area contributed by atoms with E-state index in [9.17, 15) is 2.74 Å². The number of fused-ring (bicyclic) bond motifs is 10. The first-order chi connectivity index (χ1) is 42.4. The van der Waals surface area contributed by atoms with E-state index in [1.54, 1.807) is 0 Å². The van der Waals surface area contributed by atoms with E-state index in [-0.39, 0.29) is 44.1 Å². The minimum absolute atomic E-state index is 0. The summed E-state index contributed by atoms with van der Waals surface area (Å²) in [5.74, 6) is 1.78. The van der Waals surface area contributed by atoms with Gasteiger partial charge in [-0.3, -0.25) is 0 Å². The summed E-state index contributed by atoms with van der Waals surface area (Å²) >= 11 is -3.90. The largest absolute Gasteiger partial charge is 0 e. The molecular weight excluding hydrogens is 1250 g/mol. The zero-order chi connectivity index (χ0) is 59.3. The molecule has 0 saturated carbocycles. The van der Waals surface area contributed by atoms with E-state index in [2.05, 4.69) is 242 Å². The Hall–Kier alpha value is -9.13. The van der Waals surface area contributed by atoms with Crippen LogP contribution < -0.4 is 26.9 Å². The van der Waals surface area contributed by atoms with Gasteiger partial charge in [-0.2, -0.15) is 6.07 Å². The number of imidazole rings is 1. The standard InChI is InChI=1S/C76H54GeN4O.Pt/c1-76(2,3)54-44-45-78-74(47-54)81-70-36-19-18-34-65(70)66-43-40-61(50-73(66)81)82-60-31-20-30-59(49-60)79-51-80-72-46-53(52-22-8-4-9-23-52)38-41-67(72)69-48-58(39-42-64(69)62-32-16-17-33-63(62)68-35-21-37-71(79)75(68)80)77(55-24-10-5-11-25-55,56-26-12-6-13-27-56)57-28-14-7-15-29-57;/h4-48H,1-3H3;/q-2;/i4D,8D,9D,22D,23D;. The summed E-state index contributed by atoms with van der Waals surface area (Å²) in [5, 5.41) is 2.12. The molecule has 0 fully saturated rings. The predicted octanol–water partition coefficient (Wildman–Crippen LogP) is 15.2. The van der Waals surface area contributed by atoms with Crippen molar-refractivity contribution in [2.24, 2.45) is 0 Å². The maximum atomic E-state index is 9.26. The Morgan fingerprint density at radius 1 is 0.494 bits per heavy atom. The molecule has 3 aromatic heterocycles. The zero-order valence-corrected chi connectivity index (χ0v) is 50.0. The molecule has 15 rings (SSSR count). The Morgan fingerprint density at radius 2 is 1.11 bits per heavy atom. The SMILES string of the molecule is [2H]c1c([2H])c([2H])c(-c2ccc3c(c2)-[n+]2[c-]n(-c4[c-]c(Oc5[c-]c6c(cc5)c5ccccc5n6-c5cc(C(C)(C)C)ccn5)ccc4)c4cccc(c42)-c2ccccc2-c2cc[c]([Ge]([c]4ccccc4)([c]4ccccc4)[c]4ccccc4)cc2-3)c([2H])c1[2H].[Pt]. The molecule has 400 valence electrons. The topological polar surface area (TPSA) is 35.9 Å². The quantitative estimate of drug-likeness (QED) is 0.0820. The van der Waals surface area contributed by atoms with Crippen molar-refractivity contribution in [3.63, 3.8) is 0 Å². The number of pyridine rings is 1. The van der Waals surface area contributed by atoms with Crippen molar-refractivity contribution in [2.45, 2.75) is 26.2 Å². The van der Waals surface area contributed by atoms with E-state index in [1.807, 2.05) is 53.2 Å². The van der Waals surface area contributed by atoms with Crippen LogP contribution in [0.1, 0.15) is 33.2 Å². The summed E-state index contributed by atoms with van der Waals surface area (Å²) in [5.41, 5.74) is 12.4. The van der Waals surface area contributed by atoms with Crippen LogP contribution in [0.25, 0.3) is 94.5 Å². The molecule has 5 nitrogen and oxygen atoms in total. The molecule has 0 saturated heterocycles. The normalized spacial score (nSPS) is 12.8. The molecule has 7 heteroatoms. The van der Waals surface area contributed by atoms with Crippen molar-refractivity contribution in [3.8, 4) is 73.2 Å². The molecule has 0 radical (unpaired) electrons. The molecule has 0 atom stereocenters. The Morgan fingerprint density at radius 3 is 1.83 bits per heavy atom. The van der Waals surface area contributed by atoms with E-state index < -0.39 is 31.4 Å². The van der Waals surface area contributed by atoms with Crippen molar-refractivity contribution >= 4 is 63.7 Å². The third-order valence-corrected chi connectivity index (χ3v) is 26.2. The first-order valence-corrected chi connectivity index (χ1v) is 31.8. The van der Waals surface area contributed by atoms with Gasteiger partial charge in [-0.25, -0.2) is 4.98 Å². The molecule has 0 unspecified atom stereocenters. The summed E-state index contributed by atoms with van der Waals surface area (Å²) in [6.07, 6.45) is 5.71. The second-order valence-electron chi connectivity index (χ2n) is 21.9. The maximum absolute atomic E-state index is 9.26. The Bertz CT molecular complexity index is 4960. The van der Waals surface area contributed by atoms with Gasteiger partial charge >= 0.3 is 355 Å². The maximum Gasteiger partial charge on any atom is 0 e. The average molecular weight is 1310 g/mol. The molecule has 83 heavy (non-hydrogen) atoms. The van der Waals surface area contributed by atoms with Crippen molar-refractivity contribution in [3.05, 3.63) is 297 Å². The van der Waals surface area contributed by atoms with Crippen LogP contribution in [0.5, 0.6) is 11.5 Å². The summed E-state index contributed by atoms with van der Waals surface area (Å²) in [7, 11) is 0. The van der Waals surface area contributed by atoms with E-state index in [1.165, 1.54) is 23.1 Å². The molecule has 0 bridgehead atoms. The number of benzene rings is 11. The van der Waals surface area contributed by atoms with Gasteiger partial charge in [-0.1, -0.05) is 44.5 Å². The van der Waals surface area contributed by atoms with Crippen LogP contribution in [-0.4, -0.2) is 27.4 Å². The summed E-state index contributed by atoms with van der Waals surface area (Å²) in [6, 6.07) is 88.7. The summed E-state index contributed by atoms with van der Waals surface area (Å²) in [4.78, 5) is 4.89. The van der Waals surface area contributed by atoms with Crippen LogP contribution in [-0.2, 0) is 26.5 Å². The number of nitrogens with zero attached hydrogens (tertiary/aromatic N) is 4. The second kappa shape index (κ2) is 21.0. The van der Waals surface area contributed by atoms with Crippen molar-refractivity contribution in [2.75, 3.05) is 0 Å². The molecule has 0 spiro atoms. The fraction of sp³-hybridized carbons (Fsp3) is 0.0526. The van der Waals surface area contributed by atoms with E-state index in [0.29, 0.717) is 28.4 Å². The Balaban J connectivity index is 0.00000680. The van der Waals surface area contributed by atoms with Crippen LogP contribution in [0.3, 0.4) is 0 Å². The van der Waals surface area contributed by atoms with E-state index in [0.717, 1.165) is 72.0 Å². The molecule has 0 amide bonds. The zero-order valence-electron chi connectivity index (χ0n) is 50.6. The van der Waals surface area contributed by atoms with Gasteiger partial charge in [-0.05, 0) is 34.6 Å². The Labute approximate surface area is 508 Å². The molecule has 1 aliphatic rings. The predicted molar refractivity (Wildman–Crippen MR) is 338 cm³/mol. The second-order valence-corrected chi connectivity index (χ2v) is 29.9. The monoisotopic (exact) mass is 1310 g/mol. The van der Waals surface area contributed by atoms with Crippen LogP contribution >= 0.6 is 0 Å². The molecule has 4 heterocycles. The minimum atomic E-state index is -3.90. The van der Waals surface area contributed by atoms with Crippen molar-refractivity contribution in [1.82, 2.24) is 14.1 Å². The van der Waals surface area contributed by atoms with Gasteiger partial charge in [0.1, 0.15) is 5.82 Å². The average Bonchev–Trinajstić information content (AvgIpc) is 1.27. The van der Waals surface area contributed by atoms with Crippen LogP contribution in [0.2, 0.25) is 0 Å². The van der Waals surface area contributed by atoms with E-state index >= 15 is 0 Å². The van der Waals surface area contributed by atoms with Gasteiger partial charge in [0.15, 0.2) is 0 Å².